The minimum absolute atomic E-state index is 0.226. The van der Waals surface area contributed by atoms with Gasteiger partial charge in [-0.1, -0.05) is 30.3 Å². The molecule has 0 aliphatic rings. The van der Waals surface area contributed by atoms with Crippen LogP contribution in [0.2, 0.25) is 0 Å². The van der Waals surface area contributed by atoms with Crippen LogP contribution in [0.3, 0.4) is 0 Å². The van der Waals surface area contributed by atoms with Crippen LogP contribution < -0.4 is 5.48 Å². The van der Waals surface area contributed by atoms with Crippen LogP contribution >= 0.6 is 11.3 Å². The van der Waals surface area contributed by atoms with Crippen LogP contribution in [-0.2, 0) is 11.4 Å². The summed E-state index contributed by atoms with van der Waals surface area (Å²) in [6.45, 7) is 4.81. The number of hydrogen-bond acceptors (Lipinski definition) is 3. The molecule has 0 bridgehead atoms. The first-order valence-electron chi connectivity index (χ1n) is 5.72. The zero-order chi connectivity index (χ0) is 12.1. The van der Waals surface area contributed by atoms with Crippen LogP contribution in [0.15, 0.2) is 41.8 Å². The Bertz CT molecular complexity index is 452. The van der Waals surface area contributed by atoms with Gasteiger partial charge >= 0.3 is 0 Å². The van der Waals surface area contributed by atoms with Crippen molar-refractivity contribution in [2.24, 2.45) is 0 Å². The predicted molar refractivity (Wildman–Crippen MR) is 71.8 cm³/mol. The molecule has 1 aromatic carbocycles. The lowest BCUT2D eigenvalue weighted by Gasteiger charge is -2.12. The van der Waals surface area contributed by atoms with Crippen molar-refractivity contribution in [1.82, 2.24) is 5.48 Å². The van der Waals surface area contributed by atoms with E-state index in [1.54, 1.807) is 11.3 Å². The van der Waals surface area contributed by atoms with Gasteiger partial charge in [0, 0.05) is 4.88 Å². The van der Waals surface area contributed by atoms with E-state index in [1.165, 1.54) is 16.0 Å². The third-order valence-electron chi connectivity index (χ3n) is 2.59. The standard InChI is InChI=1S/C14H17NOS/c1-11-8-14(10-17-11)12(2)15-16-9-13-6-4-3-5-7-13/h3-8,10,12,15H,9H2,1-2H3. The lowest BCUT2D eigenvalue weighted by atomic mass is 10.2. The van der Waals surface area contributed by atoms with E-state index in [9.17, 15) is 0 Å². The summed E-state index contributed by atoms with van der Waals surface area (Å²) < 4.78 is 0. The molecule has 2 rings (SSSR count). The first-order chi connectivity index (χ1) is 8.25. The van der Waals surface area contributed by atoms with Crippen LogP contribution in [0.1, 0.15) is 29.0 Å². The lowest BCUT2D eigenvalue weighted by Crippen LogP contribution is -2.18. The summed E-state index contributed by atoms with van der Waals surface area (Å²) in [6.07, 6.45) is 0. The van der Waals surface area contributed by atoms with Crippen LogP contribution in [0.5, 0.6) is 0 Å². The summed E-state index contributed by atoms with van der Waals surface area (Å²) in [5.74, 6) is 0. The third-order valence-corrected chi connectivity index (χ3v) is 3.47. The maximum atomic E-state index is 5.50. The van der Waals surface area contributed by atoms with Crippen molar-refractivity contribution < 1.29 is 4.84 Å². The Kier molecular flexibility index (Phi) is 4.31. The zero-order valence-electron chi connectivity index (χ0n) is 10.1. The van der Waals surface area contributed by atoms with E-state index in [-0.39, 0.29) is 6.04 Å². The van der Waals surface area contributed by atoms with E-state index in [2.05, 4.69) is 42.9 Å². The van der Waals surface area contributed by atoms with Gasteiger partial charge in [0.2, 0.25) is 0 Å². The topological polar surface area (TPSA) is 21.3 Å². The number of rotatable bonds is 5. The molecule has 1 atom stereocenters. The number of benzene rings is 1. The molecular weight excluding hydrogens is 230 g/mol. The Morgan fingerprint density at radius 1 is 1.29 bits per heavy atom. The summed E-state index contributed by atoms with van der Waals surface area (Å²) in [4.78, 5) is 6.83. The highest BCUT2D eigenvalue weighted by molar-refractivity contribution is 7.10. The minimum atomic E-state index is 0.226. The fraction of sp³-hybridized carbons (Fsp3) is 0.286. The largest absolute Gasteiger partial charge is 0.296 e. The number of thiophene rings is 1. The molecule has 1 N–H and O–H groups in total. The average molecular weight is 247 g/mol. The SMILES string of the molecule is Cc1cc(C(C)NOCc2ccccc2)cs1. The molecule has 1 heterocycles. The number of hydroxylamine groups is 1. The molecule has 0 aliphatic heterocycles. The molecule has 2 nitrogen and oxygen atoms in total. The zero-order valence-corrected chi connectivity index (χ0v) is 11.0. The molecule has 0 aliphatic carbocycles. The van der Waals surface area contributed by atoms with Gasteiger partial charge in [-0.25, -0.2) is 0 Å². The normalized spacial score (nSPS) is 12.6. The van der Waals surface area contributed by atoms with E-state index >= 15 is 0 Å². The monoisotopic (exact) mass is 247 g/mol. The molecule has 1 unspecified atom stereocenters. The van der Waals surface area contributed by atoms with Crippen molar-refractivity contribution in [3.63, 3.8) is 0 Å². The van der Waals surface area contributed by atoms with E-state index in [0.717, 1.165) is 0 Å². The Morgan fingerprint density at radius 2 is 2.06 bits per heavy atom. The molecular formula is C14H17NOS. The molecule has 3 heteroatoms. The summed E-state index contributed by atoms with van der Waals surface area (Å²) in [6, 6.07) is 12.6. The van der Waals surface area contributed by atoms with Crippen molar-refractivity contribution in [3.05, 3.63) is 57.8 Å². The van der Waals surface area contributed by atoms with Crippen LogP contribution in [0, 0.1) is 6.92 Å². The highest BCUT2D eigenvalue weighted by Gasteiger charge is 2.06. The Balaban J connectivity index is 1.79. The van der Waals surface area contributed by atoms with Crippen LogP contribution in [-0.4, -0.2) is 0 Å². The van der Waals surface area contributed by atoms with Crippen molar-refractivity contribution >= 4 is 11.3 Å². The van der Waals surface area contributed by atoms with Crippen LogP contribution in [0.4, 0.5) is 0 Å². The van der Waals surface area contributed by atoms with Crippen molar-refractivity contribution in [3.8, 4) is 0 Å². The number of nitrogens with one attached hydrogen (secondary N) is 1. The quantitative estimate of drug-likeness (QED) is 0.811. The summed E-state index contributed by atoms with van der Waals surface area (Å²) in [5.41, 5.74) is 5.52. The van der Waals surface area contributed by atoms with E-state index in [0.29, 0.717) is 6.61 Å². The molecule has 0 saturated carbocycles. The van der Waals surface area contributed by atoms with Gasteiger partial charge < -0.3 is 0 Å². The highest BCUT2D eigenvalue weighted by atomic mass is 32.1. The molecule has 0 fully saturated rings. The Hall–Kier alpha value is -1.16. The number of hydrogen-bond donors (Lipinski definition) is 1. The Morgan fingerprint density at radius 3 is 2.71 bits per heavy atom. The maximum Gasteiger partial charge on any atom is 0.0933 e. The molecule has 2 aromatic rings. The first kappa shape index (κ1) is 12.3. The van der Waals surface area contributed by atoms with Gasteiger partial charge in [-0.15, -0.1) is 11.3 Å². The number of aryl methyl sites for hydroxylation is 1. The smallest absolute Gasteiger partial charge is 0.0933 e. The fourth-order valence-corrected chi connectivity index (χ4v) is 2.38. The van der Waals surface area contributed by atoms with Gasteiger partial charge in [0.05, 0.1) is 12.6 Å². The fourth-order valence-electron chi connectivity index (χ4n) is 1.58. The highest BCUT2D eigenvalue weighted by Crippen LogP contribution is 2.19. The average Bonchev–Trinajstić information content (AvgIpc) is 2.77. The minimum Gasteiger partial charge on any atom is -0.296 e. The van der Waals surface area contributed by atoms with Gasteiger partial charge in [-0.05, 0) is 36.4 Å². The first-order valence-corrected chi connectivity index (χ1v) is 6.60. The second kappa shape index (κ2) is 5.96. The van der Waals surface area contributed by atoms with Gasteiger partial charge in [0.25, 0.3) is 0 Å². The molecule has 90 valence electrons. The van der Waals surface area contributed by atoms with E-state index in [1.807, 2.05) is 18.2 Å². The van der Waals surface area contributed by atoms with Gasteiger partial charge in [0.1, 0.15) is 0 Å². The van der Waals surface area contributed by atoms with Gasteiger partial charge in [-0.3, -0.25) is 4.84 Å². The third kappa shape index (κ3) is 3.66. The van der Waals surface area contributed by atoms with Crippen molar-refractivity contribution in [2.45, 2.75) is 26.5 Å². The second-order valence-corrected chi connectivity index (χ2v) is 5.22. The van der Waals surface area contributed by atoms with E-state index in [4.69, 9.17) is 4.84 Å². The summed E-state index contributed by atoms with van der Waals surface area (Å²) >= 11 is 1.77. The summed E-state index contributed by atoms with van der Waals surface area (Å²) in [7, 11) is 0. The second-order valence-electron chi connectivity index (χ2n) is 4.10. The summed E-state index contributed by atoms with van der Waals surface area (Å²) in [5, 5.41) is 2.17. The molecule has 17 heavy (non-hydrogen) atoms. The van der Waals surface area contributed by atoms with Gasteiger partial charge in [-0.2, -0.15) is 5.48 Å². The lowest BCUT2D eigenvalue weighted by molar-refractivity contribution is 0.00706. The van der Waals surface area contributed by atoms with Crippen LogP contribution in [0.25, 0.3) is 0 Å². The Labute approximate surface area is 106 Å². The maximum absolute atomic E-state index is 5.50. The molecule has 0 radical (unpaired) electrons. The molecule has 0 amide bonds. The van der Waals surface area contributed by atoms with E-state index < -0.39 is 0 Å². The van der Waals surface area contributed by atoms with Gasteiger partial charge in [0.15, 0.2) is 0 Å². The predicted octanol–water partition coefficient (Wildman–Crippen LogP) is 3.84. The molecule has 0 saturated heterocycles. The van der Waals surface area contributed by atoms with Crippen molar-refractivity contribution in [2.75, 3.05) is 0 Å². The van der Waals surface area contributed by atoms with Crippen molar-refractivity contribution in [1.29, 1.82) is 0 Å². The molecule has 1 aromatic heterocycles. The molecule has 0 spiro atoms.